The van der Waals surface area contributed by atoms with E-state index in [1.54, 1.807) is 0 Å². The molecule has 42 heavy (non-hydrogen) atoms. The molecule has 4 rings (SSSR count). The van der Waals surface area contributed by atoms with Gasteiger partial charge in [0.2, 0.25) is 0 Å². The predicted octanol–water partition coefficient (Wildman–Crippen LogP) is 8.65. The van der Waals surface area contributed by atoms with Crippen molar-refractivity contribution in [2.75, 3.05) is 19.8 Å². The summed E-state index contributed by atoms with van der Waals surface area (Å²) in [5.41, 5.74) is 5.17. The van der Waals surface area contributed by atoms with Crippen molar-refractivity contribution in [3.63, 3.8) is 0 Å². The maximum Gasteiger partial charge on any atom is 0.200 e. The van der Waals surface area contributed by atoms with E-state index in [-0.39, 0.29) is 18.8 Å². The van der Waals surface area contributed by atoms with Gasteiger partial charge < -0.3 is 19.0 Å². The second-order valence-electron chi connectivity index (χ2n) is 12.6. The van der Waals surface area contributed by atoms with E-state index in [2.05, 4.69) is 114 Å². The maximum atomic E-state index is 9.80. The van der Waals surface area contributed by atoms with Crippen molar-refractivity contribution in [3.8, 4) is 0 Å². The molecule has 0 amide bonds. The highest BCUT2D eigenvalue weighted by Crippen LogP contribution is 2.44. The van der Waals surface area contributed by atoms with Crippen LogP contribution >= 0.6 is 0 Å². The van der Waals surface area contributed by atoms with Crippen LogP contribution in [0.5, 0.6) is 0 Å². The van der Waals surface area contributed by atoms with E-state index in [9.17, 15) is 5.11 Å². The average Bonchev–Trinajstić information content (AvgIpc) is 2.99. The summed E-state index contributed by atoms with van der Waals surface area (Å²) in [6.07, 6.45) is 3.21. The predicted molar refractivity (Wildman–Crippen MR) is 175 cm³/mol. The molecule has 1 saturated heterocycles. The summed E-state index contributed by atoms with van der Waals surface area (Å²) in [5, 5.41) is 9.80. The molecule has 1 aliphatic heterocycles. The summed E-state index contributed by atoms with van der Waals surface area (Å²) in [4.78, 5) is 0. The zero-order valence-electron chi connectivity index (χ0n) is 26.3. The quantitative estimate of drug-likeness (QED) is 0.124. The second-order valence-corrected chi connectivity index (χ2v) is 18.0. The second kappa shape index (κ2) is 14.8. The molecule has 1 fully saturated rings. The van der Waals surface area contributed by atoms with Crippen LogP contribution in [0.2, 0.25) is 16.6 Å². The summed E-state index contributed by atoms with van der Waals surface area (Å²) in [6.45, 7) is 14.9. The molecular weight excluding hydrogens is 536 g/mol. The number of rotatable bonds is 13. The van der Waals surface area contributed by atoms with Crippen molar-refractivity contribution in [1.29, 1.82) is 0 Å². The average molecular weight is 587 g/mol. The van der Waals surface area contributed by atoms with Crippen LogP contribution < -0.4 is 0 Å². The highest BCUT2D eigenvalue weighted by Gasteiger charge is 2.46. The maximum absolute atomic E-state index is 9.80. The van der Waals surface area contributed by atoms with Crippen LogP contribution in [-0.4, -0.2) is 45.5 Å². The standard InChI is InChI=1S/C37H50O4Si/c1-28(2)42(29(3)4,30(5)6)40-27-36-25-31(22-23-38)24-35(41-36)26-39-37(32-16-10-7-11-17-32,33-18-12-8-13-19-33)34-20-14-9-15-21-34/h7-22,28-30,35-36,38H,23-27H2,1-6H3/b31-22-/t35-,36+/m0/s1. The van der Waals surface area contributed by atoms with E-state index in [1.807, 2.05) is 24.3 Å². The van der Waals surface area contributed by atoms with Crippen molar-refractivity contribution in [2.24, 2.45) is 0 Å². The third-order valence-electron chi connectivity index (χ3n) is 9.00. The van der Waals surface area contributed by atoms with Crippen molar-refractivity contribution in [2.45, 2.75) is 88.8 Å². The molecule has 1 aliphatic rings. The fourth-order valence-corrected chi connectivity index (χ4v) is 12.7. The molecule has 0 spiro atoms. The topological polar surface area (TPSA) is 47.9 Å². The zero-order valence-corrected chi connectivity index (χ0v) is 27.3. The van der Waals surface area contributed by atoms with Gasteiger partial charge in [0.05, 0.1) is 32.0 Å². The number of ether oxygens (including phenoxy) is 2. The van der Waals surface area contributed by atoms with Gasteiger partial charge in [0, 0.05) is 0 Å². The number of hydrogen-bond donors (Lipinski definition) is 1. The van der Waals surface area contributed by atoms with Crippen LogP contribution in [0.4, 0.5) is 0 Å². The molecule has 0 radical (unpaired) electrons. The molecule has 0 bridgehead atoms. The Labute approximate surface area is 254 Å². The Balaban J connectivity index is 1.64. The summed E-state index contributed by atoms with van der Waals surface area (Å²) >= 11 is 0. The monoisotopic (exact) mass is 586 g/mol. The molecule has 0 aromatic heterocycles. The molecule has 226 valence electrons. The lowest BCUT2D eigenvalue weighted by molar-refractivity contribution is -0.110. The molecule has 2 atom stereocenters. The van der Waals surface area contributed by atoms with Crippen molar-refractivity contribution in [1.82, 2.24) is 0 Å². The van der Waals surface area contributed by atoms with Gasteiger partial charge in [0.25, 0.3) is 0 Å². The van der Waals surface area contributed by atoms with Crippen LogP contribution in [0.15, 0.2) is 103 Å². The minimum Gasteiger partial charge on any atom is -0.413 e. The lowest BCUT2D eigenvalue weighted by Crippen LogP contribution is -2.50. The summed E-state index contributed by atoms with van der Waals surface area (Å²) in [5.74, 6) is 0. The first-order valence-electron chi connectivity index (χ1n) is 15.6. The van der Waals surface area contributed by atoms with Crippen LogP contribution in [0, 0.1) is 0 Å². The summed E-state index contributed by atoms with van der Waals surface area (Å²) in [7, 11) is -2.03. The Morgan fingerprint density at radius 2 is 1.12 bits per heavy atom. The Morgan fingerprint density at radius 3 is 1.50 bits per heavy atom. The highest BCUT2D eigenvalue weighted by molar-refractivity contribution is 6.77. The molecule has 0 aliphatic carbocycles. The first-order chi connectivity index (χ1) is 20.2. The first kappa shape index (κ1) is 32.4. The SMILES string of the molecule is CC(C)[Si](OC[C@H]1C/C(=C\CO)C[C@@H](COC(c2ccccc2)(c2ccccc2)c2ccccc2)O1)(C(C)C)C(C)C. The third-order valence-corrected chi connectivity index (χ3v) is 15.1. The summed E-state index contributed by atoms with van der Waals surface area (Å²) < 4.78 is 20.8. The number of hydrogen-bond acceptors (Lipinski definition) is 4. The van der Waals surface area contributed by atoms with Crippen LogP contribution in [0.25, 0.3) is 0 Å². The largest absolute Gasteiger partial charge is 0.413 e. The number of aliphatic hydroxyl groups is 1. The lowest BCUT2D eigenvalue weighted by atomic mass is 9.80. The Bertz CT molecular complexity index is 1120. The normalized spacial score (nSPS) is 19.2. The van der Waals surface area contributed by atoms with Gasteiger partial charge >= 0.3 is 0 Å². The molecule has 0 unspecified atom stereocenters. The van der Waals surface area contributed by atoms with Crippen molar-refractivity contribution < 1.29 is 19.0 Å². The fourth-order valence-electron chi connectivity index (χ4n) is 7.25. The van der Waals surface area contributed by atoms with Gasteiger partial charge in [-0.25, -0.2) is 0 Å². The number of aliphatic hydroxyl groups excluding tert-OH is 1. The molecule has 4 nitrogen and oxygen atoms in total. The van der Waals surface area contributed by atoms with Crippen molar-refractivity contribution >= 4 is 8.32 Å². The molecular formula is C37H50O4Si. The van der Waals surface area contributed by atoms with Crippen LogP contribution in [0.3, 0.4) is 0 Å². The highest BCUT2D eigenvalue weighted by atomic mass is 28.4. The smallest absolute Gasteiger partial charge is 0.200 e. The van der Waals surface area contributed by atoms with Gasteiger partial charge in [-0.2, -0.15) is 0 Å². The minimum atomic E-state index is -2.03. The fraction of sp³-hybridized carbons (Fsp3) is 0.459. The van der Waals surface area contributed by atoms with Crippen LogP contribution in [0.1, 0.15) is 71.1 Å². The van der Waals surface area contributed by atoms with E-state index in [0.29, 0.717) is 29.8 Å². The molecule has 5 heteroatoms. The molecule has 1 heterocycles. The van der Waals surface area contributed by atoms with Gasteiger partial charge in [-0.15, -0.1) is 0 Å². The lowest BCUT2D eigenvalue weighted by Gasteiger charge is -2.44. The van der Waals surface area contributed by atoms with E-state index >= 15 is 0 Å². The van der Waals surface area contributed by atoms with E-state index in [0.717, 1.165) is 29.5 Å². The van der Waals surface area contributed by atoms with E-state index in [1.165, 1.54) is 5.57 Å². The molecule has 0 saturated carbocycles. The number of benzene rings is 3. The van der Waals surface area contributed by atoms with Gasteiger partial charge in [-0.1, -0.05) is 144 Å². The Morgan fingerprint density at radius 1 is 0.714 bits per heavy atom. The van der Waals surface area contributed by atoms with Crippen LogP contribution in [-0.2, 0) is 19.5 Å². The Hall–Kier alpha value is -2.54. The molecule has 3 aromatic carbocycles. The summed E-state index contributed by atoms with van der Waals surface area (Å²) in [6, 6.07) is 31.4. The third kappa shape index (κ3) is 6.98. The first-order valence-corrected chi connectivity index (χ1v) is 17.8. The van der Waals surface area contributed by atoms with E-state index < -0.39 is 13.9 Å². The van der Waals surface area contributed by atoms with Gasteiger partial charge in [-0.3, -0.25) is 0 Å². The Kier molecular flexibility index (Phi) is 11.4. The molecule has 3 aromatic rings. The zero-order chi connectivity index (χ0) is 30.2. The van der Waals surface area contributed by atoms with Gasteiger partial charge in [0.15, 0.2) is 8.32 Å². The molecule has 1 N–H and O–H groups in total. The minimum absolute atomic E-state index is 0.0289. The van der Waals surface area contributed by atoms with Crippen molar-refractivity contribution in [3.05, 3.63) is 119 Å². The van der Waals surface area contributed by atoms with Gasteiger partial charge in [-0.05, 0) is 46.2 Å². The van der Waals surface area contributed by atoms with E-state index in [4.69, 9.17) is 13.9 Å². The van der Waals surface area contributed by atoms with Gasteiger partial charge in [0.1, 0.15) is 5.60 Å².